The second-order valence-electron chi connectivity index (χ2n) is 9.25. The van der Waals surface area contributed by atoms with Crippen LogP contribution in [0.2, 0.25) is 0 Å². The SMILES string of the molecule is CCOC(=O)[C@@H]1[C@@H]2CCC3(O2)C(C(=O)NCc2ccccc2)N([C@@H](CO)C(C)C)C(=O)[C@H]13. The van der Waals surface area contributed by atoms with Gasteiger partial charge >= 0.3 is 5.97 Å². The van der Waals surface area contributed by atoms with Gasteiger partial charge in [-0.05, 0) is 31.2 Å². The van der Waals surface area contributed by atoms with Crippen molar-refractivity contribution in [3.05, 3.63) is 35.9 Å². The zero-order chi connectivity index (χ0) is 23.0. The summed E-state index contributed by atoms with van der Waals surface area (Å²) in [6.07, 6.45) is 0.677. The third-order valence-corrected chi connectivity index (χ3v) is 7.17. The number of carbonyl (C=O) groups excluding carboxylic acids is 3. The van der Waals surface area contributed by atoms with Gasteiger partial charge in [0.1, 0.15) is 11.6 Å². The summed E-state index contributed by atoms with van der Waals surface area (Å²) in [7, 11) is 0. The summed E-state index contributed by atoms with van der Waals surface area (Å²) < 4.78 is 11.6. The quantitative estimate of drug-likeness (QED) is 0.585. The molecule has 1 aromatic rings. The molecule has 6 atom stereocenters. The molecule has 0 aliphatic carbocycles. The number of esters is 1. The number of nitrogens with zero attached hydrogens (tertiary/aromatic N) is 1. The molecular weight excluding hydrogens is 412 g/mol. The summed E-state index contributed by atoms with van der Waals surface area (Å²) >= 11 is 0. The lowest BCUT2D eigenvalue weighted by molar-refractivity contribution is -0.155. The zero-order valence-corrected chi connectivity index (χ0v) is 18.8. The first-order valence-electron chi connectivity index (χ1n) is 11.4. The summed E-state index contributed by atoms with van der Waals surface area (Å²) in [6, 6.07) is 8.06. The van der Waals surface area contributed by atoms with Crippen molar-refractivity contribution in [1.82, 2.24) is 10.2 Å². The topological polar surface area (TPSA) is 105 Å². The van der Waals surface area contributed by atoms with Crippen LogP contribution in [0.15, 0.2) is 30.3 Å². The number of nitrogens with one attached hydrogen (secondary N) is 1. The average molecular weight is 445 g/mol. The molecule has 8 heteroatoms. The van der Waals surface area contributed by atoms with Crippen LogP contribution in [0.25, 0.3) is 0 Å². The molecule has 0 radical (unpaired) electrons. The summed E-state index contributed by atoms with van der Waals surface area (Å²) in [4.78, 5) is 41.5. The van der Waals surface area contributed by atoms with Crippen molar-refractivity contribution in [2.75, 3.05) is 13.2 Å². The van der Waals surface area contributed by atoms with Crippen molar-refractivity contribution in [3.63, 3.8) is 0 Å². The number of likely N-dealkylation sites (tertiary alicyclic amines) is 1. The average Bonchev–Trinajstić information content (AvgIpc) is 3.41. The van der Waals surface area contributed by atoms with Crippen molar-refractivity contribution in [3.8, 4) is 0 Å². The first-order valence-corrected chi connectivity index (χ1v) is 11.4. The minimum absolute atomic E-state index is 0.0816. The number of benzene rings is 1. The number of amides is 2. The molecule has 0 saturated carbocycles. The Kier molecular flexibility index (Phi) is 6.27. The number of fused-ring (bicyclic) bond motifs is 1. The zero-order valence-electron chi connectivity index (χ0n) is 18.8. The lowest BCUT2D eigenvalue weighted by Gasteiger charge is -2.38. The molecule has 1 aromatic carbocycles. The van der Waals surface area contributed by atoms with Crippen molar-refractivity contribution in [1.29, 1.82) is 0 Å². The maximum Gasteiger partial charge on any atom is 0.312 e. The molecule has 2 N–H and O–H groups in total. The lowest BCUT2D eigenvalue weighted by Crippen LogP contribution is -2.58. The van der Waals surface area contributed by atoms with E-state index in [-0.39, 0.29) is 30.9 Å². The molecule has 3 saturated heterocycles. The highest BCUT2D eigenvalue weighted by molar-refractivity contribution is 5.98. The van der Waals surface area contributed by atoms with E-state index in [2.05, 4.69) is 5.32 Å². The van der Waals surface area contributed by atoms with Crippen LogP contribution in [0, 0.1) is 17.8 Å². The third kappa shape index (κ3) is 3.49. The van der Waals surface area contributed by atoms with Crippen LogP contribution in [-0.2, 0) is 30.4 Å². The number of carbonyl (C=O) groups is 3. The van der Waals surface area contributed by atoms with Gasteiger partial charge in [0.05, 0.1) is 37.2 Å². The minimum Gasteiger partial charge on any atom is -0.466 e. The van der Waals surface area contributed by atoms with Gasteiger partial charge in [-0.3, -0.25) is 14.4 Å². The van der Waals surface area contributed by atoms with E-state index in [1.165, 1.54) is 4.90 Å². The van der Waals surface area contributed by atoms with E-state index in [4.69, 9.17) is 9.47 Å². The molecule has 2 amide bonds. The Balaban J connectivity index is 1.69. The third-order valence-electron chi connectivity index (χ3n) is 7.17. The van der Waals surface area contributed by atoms with Gasteiger partial charge in [-0.15, -0.1) is 0 Å². The van der Waals surface area contributed by atoms with Crippen molar-refractivity contribution < 1.29 is 29.0 Å². The van der Waals surface area contributed by atoms with Gasteiger partial charge in [-0.25, -0.2) is 0 Å². The first-order chi connectivity index (χ1) is 15.4. The molecule has 2 bridgehead atoms. The Hall–Kier alpha value is -2.45. The maximum absolute atomic E-state index is 13.7. The molecule has 0 aromatic heterocycles. The van der Waals surface area contributed by atoms with E-state index in [0.29, 0.717) is 19.4 Å². The maximum atomic E-state index is 13.7. The minimum atomic E-state index is -1.08. The predicted molar refractivity (Wildman–Crippen MR) is 115 cm³/mol. The lowest BCUT2D eigenvalue weighted by atomic mass is 9.70. The van der Waals surface area contributed by atoms with Gasteiger partial charge in [0.2, 0.25) is 11.8 Å². The van der Waals surface area contributed by atoms with Crippen LogP contribution < -0.4 is 5.32 Å². The summed E-state index contributed by atoms with van der Waals surface area (Å²) in [6.45, 7) is 5.79. The molecule has 2 unspecified atom stereocenters. The molecule has 3 aliphatic rings. The number of ether oxygens (including phenoxy) is 2. The predicted octanol–water partition coefficient (Wildman–Crippen LogP) is 1.26. The molecule has 3 fully saturated rings. The highest BCUT2D eigenvalue weighted by atomic mass is 16.6. The van der Waals surface area contributed by atoms with E-state index >= 15 is 0 Å². The van der Waals surface area contributed by atoms with Gasteiger partial charge in [-0.2, -0.15) is 0 Å². The molecule has 1 spiro atoms. The van der Waals surface area contributed by atoms with Crippen LogP contribution in [0.5, 0.6) is 0 Å². The Morgan fingerprint density at radius 3 is 2.66 bits per heavy atom. The van der Waals surface area contributed by atoms with Crippen molar-refractivity contribution in [2.24, 2.45) is 17.8 Å². The molecule has 3 heterocycles. The van der Waals surface area contributed by atoms with Crippen LogP contribution in [-0.4, -0.2) is 64.8 Å². The number of rotatable bonds is 8. The highest BCUT2D eigenvalue weighted by Crippen LogP contribution is 2.59. The second kappa shape index (κ2) is 8.83. The van der Waals surface area contributed by atoms with E-state index in [1.54, 1.807) is 6.92 Å². The van der Waals surface area contributed by atoms with Crippen molar-refractivity contribution >= 4 is 17.8 Å². The fourth-order valence-electron chi connectivity index (χ4n) is 5.76. The summed E-state index contributed by atoms with van der Waals surface area (Å²) in [5, 5.41) is 13.1. The number of aliphatic hydroxyl groups is 1. The van der Waals surface area contributed by atoms with E-state index in [1.807, 2.05) is 44.2 Å². The summed E-state index contributed by atoms with van der Waals surface area (Å²) in [5.41, 5.74) is -0.142. The Labute approximate surface area is 188 Å². The molecular formula is C24H32N2O6. The second-order valence-corrected chi connectivity index (χ2v) is 9.25. The van der Waals surface area contributed by atoms with Gasteiger partial charge in [0, 0.05) is 6.54 Å². The molecule has 4 rings (SSSR count). The molecule has 3 aliphatic heterocycles. The van der Waals surface area contributed by atoms with Gasteiger partial charge in [0.25, 0.3) is 0 Å². The standard InChI is InChI=1S/C24H32N2O6/c1-4-31-23(30)18-17-10-11-24(32-17)19(18)22(29)26(16(13-27)14(2)3)20(24)21(28)25-12-15-8-6-5-7-9-15/h5-9,14,16-20,27H,4,10-13H2,1-3H3,(H,25,28)/t16-,17-,18+,19-,20?,24?/m0/s1. The molecule has 32 heavy (non-hydrogen) atoms. The first kappa shape index (κ1) is 22.7. The largest absolute Gasteiger partial charge is 0.466 e. The number of hydrogen-bond donors (Lipinski definition) is 2. The summed E-state index contributed by atoms with van der Waals surface area (Å²) in [5.74, 6) is -2.67. The van der Waals surface area contributed by atoms with E-state index in [9.17, 15) is 19.5 Å². The molecule has 8 nitrogen and oxygen atoms in total. The normalized spacial score (nSPS) is 31.7. The number of aliphatic hydroxyl groups excluding tert-OH is 1. The number of hydrogen-bond acceptors (Lipinski definition) is 6. The van der Waals surface area contributed by atoms with Crippen LogP contribution >= 0.6 is 0 Å². The highest BCUT2D eigenvalue weighted by Gasteiger charge is 2.75. The fourth-order valence-corrected chi connectivity index (χ4v) is 5.76. The monoisotopic (exact) mass is 444 g/mol. The Morgan fingerprint density at radius 1 is 1.31 bits per heavy atom. The van der Waals surface area contributed by atoms with Crippen LogP contribution in [0.4, 0.5) is 0 Å². The Morgan fingerprint density at radius 2 is 2.03 bits per heavy atom. The van der Waals surface area contributed by atoms with E-state index in [0.717, 1.165) is 5.56 Å². The van der Waals surface area contributed by atoms with Gasteiger partial charge in [-0.1, -0.05) is 44.2 Å². The van der Waals surface area contributed by atoms with Crippen molar-refractivity contribution in [2.45, 2.75) is 63.9 Å². The van der Waals surface area contributed by atoms with Crippen LogP contribution in [0.3, 0.4) is 0 Å². The Bertz CT molecular complexity index is 875. The van der Waals surface area contributed by atoms with E-state index < -0.39 is 41.6 Å². The van der Waals surface area contributed by atoms with Gasteiger partial charge in [0.15, 0.2) is 0 Å². The van der Waals surface area contributed by atoms with Crippen LogP contribution in [0.1, 0.15) is 39.2 Å². The van der Waals surface area contributed by atoms with Gasteiger partial charge < -0.3 is 24.8 Å². The fraction of sp³-hybridized carbons (Fsp3) is 0.625. The molecule has 174 valence electrons. The smallest absolute Gasteiger partial charge is 0.312 e.